The summed E-state index contributed by atoms with van der Waals surface area (Å²) in [6, 6.07) is 1.55. The van der Waals surface area contributed by atoms with Gasteiger partial charge >= 0.3 is 22.4 Å². The average molecular weight is 372 g/mol. The number of hydrogen-bond acceptors (Lipinski definition) is 6. The summed E-state index contributed by atoms with van der Waals surface area (Å²) in [5, 5.41) is 10.0. The highest BCUT2D eigenvalue weighted by Gasteiger charge is 2.53. The van der Waals surface area contributed by atoms with Crippen molar-refractivity contribution < 1.29 is 36.7 Å². The highest BCUT2D eigenvalue weighted by atomic mass is 32.3. The molecule has 0 radical (unpaired) electrons. The van der Waals surface area contributed by atoms with E-state index in [9.17, 15) is 23.1 Å². The van der Waals surface area contributed by atoms with Crippen molar-refractivity contribution in [2.45, 2.75) is 25.4 Å². The first kappa shape index (κ1) is 17.5. The van der Waals surface area contributed by atoms with E-state index in [0.717, 1.165) is 4.90 Å². The molecule has 2 aliphatic heterocycles. The van der Waals surface area contributed by atoms with Gasteiger partial charge < -0.3 is 14.7 Å². The van der Waals surface area contributed by atoms with Crippen LogP contribution in [0.15, 0.2) is 18.2 Å². The van der Waals surface area contributed by atoms with Crippen molar-refractivity contribution in [1.29, 1.82) is 0 Å². The molecule has 1 aromatic carbocycles. The third-order valence-electron chi connectivity index (χ3n) is 4.00. The molecule has 2 amide bonds. The van der Waals surface area contributed by atoms with Crippen LogP contribution < -0.4 is 4.74 Å². The van der Waals surface area contributed by atoms with Crippen molar-refractivity contribution >= 4 is 22.4 Å². The number of nitrogens with zero attached hydrogens (tertiary/aromatic N) is 2. The molecular weight excluding hydrogens is 356 g/mol. The van der Waals surface area contributed by atoms with E-state index in [-0.39, 0.29) is 6.54 Å². The molecule has 2 heterocycles. The second kappa shape index (κ2) is 6.17. The zero-order chi connectivity index (χ0) is 18.4. The molecule has 1 fully saturated rings. The number of carbonyl (C=O) groups excluding carboxylic acids is 1. The molecule has 2 bridgehead atoms. The second-order valence-electron chi connectivity index (χ2n) is 5.63. The van der Waals surface area contributed by atoms with Crippen LogP contribution in [0.3, 0.4) is 0 Å². The van der Waals surface area contributed by atoms with Crippen molar-refractivity contribution in [3.63, 3.8) is 0 Å². The van der Waals surface area contributed by atoms with Crippen LogP contribution in [-0.2, 0) is 19.5 Å². The Bertz CT molecular complexity index is 824. The Morgan fingerprint density at radius 3 is 2.72 bits per heavy atom. The summed E-state index contributed by atoms with van der Waals surface area (Å²) < 4.78 is 41.1. The molecule has 0 aliphatic carbocycles. The van der Waals surface area contributed by atoms with Gasteiger partial charge in [0.15, 0.2) is 6.04 Å². The fourth-order valence-corrected chi connectivity index (χ4v) is 3.51. The van der Waals surface area contributed by atoms with E-state index in [0.29, 0.717) is 35.0 Å². The highest BCUT2D eigenvalue weighted by Crippen LogP contribution is 2.47. The molecule has 0 saturated carbocycles. The Balaban J connectivity index is 2.14. The number of carboxylic acids is 1. The normalized spacial score (nSPS) is 22.1. The molecule has 1 aromatic rings. The van der Waals surface area contributed by atoms with Gasteiger partial charge in [-0.2, -0.15) is 13.5 Å². The van der Waals surface area contributed by atoms with Crippen molar-refractivity contribution in [1.82, 2.24) is 9.96 Å². The van der Waals surface area contributed by atoms with E-state index in [4.69, 9.17) is 9.29 Å². The number of hydrogen-bond donors (Lipinski definition) is 2. The number of aliphatic carboxylic acids is 1. The maximum absolute atomic E-state index is 12.4. The number of urea groups is 1. The molecular formula is C14H16N2O8S. The standard InChI is InChI=1S/C14H16N2O8S/c1-2-6-23-10-5-3-4-8-11(10)9-7-15(12(8)13(17)18)14(19)16(9)24-25(20,21)22/h3-5,9,12H,2,6-7H2,1H3,(H,17,18)(H,20,21,22)/t9-,12+/m0/s1. The number of amides is 2. The largest absolute Gasteiger partial charge is 0.493 e. The Labute approximate surface area is 143 Å². The summed E-state index contributed by atoms with van der Waals surface area (Å²) in [7, 11) is -4.96. The number of carbonyl (C=O) groups is 2. The zero-order valence-corrected chi connectivity index (χ0v) is 14.0. The number of benzene rings is 1. The lowest BCUT2D eigenvalue weighted by molar-refractivity contribution is -0.142. The van der Waals surface area contributed by atoms with Crippen LogP contribution in [-0.4, -0.2) is 53.2 Å². The molecule has 0 unspecified atom stereocenters. The Morgan fingerprint density at radius 2 is 2.12 bits per heavy atom. The summed E-state index contributed by atoms with van der Waals surface area (Å²) in [4.78, 5) is 25.1. The van der Waals surface area contributed by atoms with Gasteiger partial charge in [0.05, 0.1) is 13.2 Å². The molecule has 0 aromatic heterocycles. The molecule has 0 spiro atoms. The predicted molar refractivity (Wildman–Crippen MR) is 81.9 cm³/mol. The predicted octanol–water partition coefficient (Wildman–Crippen LogP) is 1.13. The number of carboxylic acid groups (broad SMARTS) is 1. The summed E-state index contributed by atoms with van der Waals surface area (Å²) in [6.45, 7) is 2.15. The first-order valence-electron chi connectivity index (χ1n) is 7.50. The lowest BCUT2D eigenvalue weighted by Gasteiger charge is -2.31. The van der Waals surface area contributed by atoms with E-state index in [1.807, 2.05) is 6.92 Å². The van der Waals surface area contributed by atoms with Crippen LogP contribution in [0.5, 0.6) is 5.75 Å². The van der Waals surface area contributed by atoms with Gasteiger partial charge in [-0.1, -0.05) is 19.1 Å². The second-order valence-corrected chi connectivity index (χ2v) is 6.63. The van der Waals surface area contributed by atoms with Crippen LogP contribution >= 0.6 is 0 Å². The summed E-state index contributed by atoms with van der Waals surface area (Å²) in [5.41, 5.74) is 0.668. The van der Waals surface area contributed by atoms with Gasteiger partial charge in [0.25, 0.3) is 0 Å². The monoisotopic (exact) mass is 372 g/mol. The van der Waals surface area contributed by atoms with E-state index in [1.165, 1.54) is 6.07 Å². The smallest absolute Gasteiger partial charge is 0.418 e. The maximum Gasteiger partial charge on any atom is 0.418 e. The minimum atomic E-state index is -4.96. The van der Waals surface area contributed by atoms with E-state index < -0.39 is 34.5 Å². The Hall–Kier alpha value is -2.37. The molecule has 2 N–H and O–H groups in total. The minimum Gasteiger partial charge on any atom is -0.493 e. The van der Waals surface area contributed by atoms with Crippen molar-refractivity contribution in [2.75, 3.05) is 13.2 Å². The quantitative estimate of drug-likeness (QED) is 0.710. The summed E-state index contributed by atoms with van der Waals surface area (Å²) >= 11 is 0. The van der Waals surface area contributed by atoms with Crippen LogP contribution in [0.1, 0.15) is 36.6 Å². The number of rotatable bonds is 6. The van der Waals surface area contributed by atoms with Crippen LogP contribution in [0, 0.1) is 0 Å². The van der Waals surface area contributed by atoms with Gasteiger partial charge in [0, 0.05) is 5.56 Å². The molecule has 3 rings (SSSR count). The minimum absolute atomic E-state index is 0.106. The maximum atomic E-state index is 12.4. The molecule has 2 aliphatic rings. The van der Waals surface area contributed by atoms with Gasteiger partial charge in [-0.25, -0.2) is 9.59 Å². The summed E-state index contributed by atoms with van der Waals surface area (Å²) in [6.07, 6.45) is 0.701. The van der Waals surface area contributed by atoms with Crippen molar-refractivity contribution in [3.05, 3.63) is 29.3 Å². The lowest BCUT2D eigenvalue weighted by atomic mass is 9.90. The third-order valence-corrected chi connectivity index (χ3v) is 4.35. The van der Waals surface area contributed by atoms with E-state index >= 15 is 0 Å². The topological polar surface area (TPSA) is 134 Å². The average Bonchev–Trinajstić information content (AvgIpc) is 2.77. The summed E-state index contributed by atoms with van der Waals surface area (Å²) in [5.74, 6) is -0.928. The van der Waals surface area contributed by atoms with E-state index in [1.54, 1.807) is 12.1 Å². The number of hydroxylamine groups is 2. The Morgan fingerprint density at radius 1 is 1.40 bits per heavy atom. The van der Waals surface area contributed by atoms with Gasteiger partial charge in [0.2, 0.25) is 0 Å². The van der Waals surface area contributed by atoms with Gasteiger partial charge in [-0.15, -0.1) is 4.28 Å². The van der Waals surface area contributed by atoms with Crippen molar-refractivity contribution in [3.8, 4) is 5.75 Å². The molecule has 1 saturated heterocycles. The van der Waals surface area contributed by atoms with Crippen LogP contribution in [0.25, 0.3) is 0 Å². The molecule has 25 heavy (non-hydrogen) atoms. The molecule has 11 heteroatoms. The first-order valence-corrected chi connectivity index (χ1v) is 8.86. The van der Waals surface area contributed by atoms with Crippen LogP contribution in [0.2, 0.25) is 0 Å². The van der Waals surface area contributed by atoms with Crippen LogP contribution in [0.4, 0.5) is 4.79 Å². The third kappa shape index (κ3) is 3.01. The molecule has 10 nitrogen and oxygen atoms in total. The van der Waals surface area contributed by atoms with Gasteiger partial charge in [0.1, 0.15) is 11.8 Å². The van der Waals surface area contributed by atoms with Crippen molar-refractivity contribution in [2.24, 2.45) is 0 Å². The molecule has 2 atom stereocenters. The lowest BCUT2D eigenvalue weighted by Crippen LogP contribution is -2.38. The SMILES string of the molecule is CCCOc1cccc2c1[C@@H]1CN(C(=O)N1OS(=O)(=O)O)[C@H]2C(=O)O. The highest BCUT2D eigenvalue weighted by molar-refractivity contribution is 7.80. The fraction of sp³-hybridized carbons (Fsp3) is 0.429. The molecule has 136 valence electrons. The van der Waals surface area contributed by atoms with Gasteiger partial charge in [-0.3, -0.25) is 4.55 Å². The zero-order valence-electron chi connectivity index (χ0n) is 13.2. The Kier molecular flexibility index (Phi) is 4.31. The fourth-order valence-electron chi connectivity index (χ4n) is 3.14. The first-order chi connectivity index (χ1) is 11.7. The van der Waals surface area contributed by atoms with Gasteiger partial charge in [-0.05, 0) is 18.1 Å². The number of ether oxygens (including phenoxy) is 1. The number of fused-ring (bicyclic) bond motifs is 4. The van der Waals surface area contributed by atoms with E-state index in [2.05, 4.69) is 4.28 Å².